The summed E-state index contributed by atoms with van der Waals surface area (Å²) >= 11 is 0. The fourth-order valence-electron chi connectivity index (χ4n) is 2.75. The number of nitrogens with one attached hydrogen (secondary N) is 2. The number of nitrogens with zero attached hydrogens (tertiary/aromatic N) is 4. The standard InChI is InChI=1S/C22H18N6O/c1-15-6-7-16(21(29)26-18-5-3-10-24-14-18)12-20(15)28-22-25-11-8-19(27-22)17-4-2-9-23-13-17/h2-14H,1H3,(H,26,29)(H,25,27,28). The minimum Gasteiger partial charge on any atom is -0.324 e. The molecule has 2 N–H and O–H groups in total. The molecule has 0 aliphatic rings. The van der Waals surface area contributed by atoms with E-state index in [4.69, 9.17) is 0 Å². The van der Waals surface area contributed by atoms with E-state index in [0.29, 0.717) is 17.2 Å². The van der Waals surface area contributed by atoms with Crippen molar-refractivity contribution in [3.05, 3.63) is 90.6 Å². The van der Waals surface area contributed by atoms with Gasteiger partial charge >= 0.3 is 0 Å². The summed E-state index contributed by atoms with van der Waals surface area (Å²) < 4.78 is 0. The molecule has 0 unspecified atom stereocenters. The summed E-state index contributed by atoms with van der Waals surface area (Å²) in [5, 5.41) is 6.04. The average molecular weight is 382 g/mol. The fraction of sp³-hybridized carbons (Fsp3) is 0.0455. The molecule has 1 amide bonds. The van der Waals surface area contributed by atoms with Gasteiger partial charge in [-0.3, -0.25) is 14.8 Å². The Labute approximate surface area is 167 Å². The number of hydrogen-bond acceptors (Lipinski definition) is 6. The molecule has 0 fully saturated rings. The average Bonchev–Trinajstić information content (AvgIpc) is 2.77. The zero-order chi connectivity index (χ0) is 20.1. The van der Waals surface area contributed by atoms with Crippen LogP contribution >= 0.6 is 0 Å². The molecule has 7 heteroatoms. The molecular weight excluding hydrogens is 364 g/mol. The van der Waals surface area contributed by atoms with E-state index in [1.165, 1.54) is 0 Å². The zero-order valence-electron chi connectivity index (χ0n) is 15.7. The van der Waals surface area contributed by atoms with Gasteiger partial charge in [0.2, 0.25) is 5.95 Å². The second kappa shape index (κ2) is 8.26. The number of aromatic nitrogens is 4. The molecule has 0 atom stereocenters. The number of anilines is 3. The first-order valence-corrected chi connectivity index (χ1v) is 9.01. The second-order valence-electron chi connectivity index (χ2n) is 6.36. The van der Waals surface area contributed by atoms with Crippen LogP contribution in [0.15, 0.2) is 79.5 Å². The summed E-state index contributed by atoms with van der Waals surface area (Å²) in [6.45, 7) is 1.95. The van der Waals surface area contributed by atoms with Crippen LogP contribution < -0.4 is 10.6 Å². The Balaban J connectivity index is 1.56. The van der Waals surface area contributed by atoms with Crippen molar-refractivity contribution in [1.82, 2.24) is 19.9 Å². The van der Waals surface area contributed by atoms with E-state index >= 15 is 0 Å². The van der Waals surface area contributed by atoms with Crippen molar-refractivity contribution in [3.8, 4) is 11.3 Å². The molecule has 3 aromatic heterocycles. The van der Waals surface area contributed by atoms with E-state index in [0.717, 1.165) is 22.5 Å². The highest BCUT2D eigenvalue weighted by Gasteiger charge is 2.10. The van der Waals surface area contributed by atoms with E-state index in [-0.39, 0.29) is 5.91 Å². The van der Waals surface area contributed by atoms with Crippen LogP contribution in [-0.4, -0.2) is 25.8 Å². The first-order valence-electron chi connectivity index (χ1n) is 9.01. The van der Waals surface area contributed by atoms with E-state index in [1.807, 2.05) is 31.2 Å². The quantitative estimate of drug-likeness (QED) is 0.536. The molecular formula is C22H18N6O. The molecule has 0 aliphatic heterocycles. The van der Waals surface area contributed by atoms with Crippen LogP contribution in [0.1, 0.15) is 15.9 Å². The SMILES string of the molecule is Cc1ccc(C(=O)Nc2cccnc2)cc1Nc1nccc(-c2cccnc2)n1. The highest BCUT2D eigenvalue weighted by molar-refractivity contribution is 6.04. The van der Waals surface area contributed by atoms with Gasteiger partial charge in [0, 0.05) is 41.6 Å². The third kappa shape index (κ3) is 4.41. The Morgan fingerprint density at radius 3 is 2.52 bits per heavy atom. The van der Waals surface area contributed by atoms with E-state index in [2.05, 4.69) is 30.6 Å². The lowest BCUT2D eigenvalue weighted by molar-refractivity contribution is 0.102. The summed E-state index contributed by atoms with van der Waals surface area (Å²) in [4.78, 5) is 29.5. The number of rotatable bonds is 5. The Morgan fingerprint density at radius 2 is 1.76 bits per heavy atom. The topological polar surface area (TPSA) is 92.7 Å². The Hall–Kier alpha value is -4.13. The summed E-state index contributed by atoms with van der Waals surface area (Å²) in [5.74, 6) is 0.227. The first kappa shape index (κ1) is 18.2. The van der Waals surface area contributed by atoms with Crippen molar-refractivity contribution in [2.75, 3.05) is 10.6 Å². The molecule has 0 saturated carbocycles. The third-order valence-electron chi connectivity index (χ3n) is 4.28. The minimum atomic E-state index is -0.217. The summed E-state index contributed by atoms with van der Waals surface area (Å²) in [5.41, 5.74) is 4.55. The maximum Gasteiger partial charge on any atom is 0.255 e. The number of aryl methyl sites for hydroxylation is 1. The molecule has 4 rings (SSSR count). The van der Waals surface area contributed by atoms with Crippen LogP contribution in [-0.2, 0) is 0 Å². The number of carbonyl (C=O) groups excluding carboxylic acids is 1. The minimum absolute atomic E-state index is 0.217. The van der Waals surface area contributed by atoms with Gasteiger partial charge in [0.25, 0.3) is 5.91 Å². The Kier molecular flexibility index (Phi) is 5.20. The number of pyridine rings is 2. The van der Waals surface area contributed by atoms with Crippen LogP contribution in [0, 0.1) is 6.92 Å². The summed E-state index contributed by atoms with van der Waals surface area (Å²) in [7, 11) is 0. The molecule has 7 nitrogen and oxygen atoms in total. The molecule has 1 aromatic carbocycles. The lowest BCUT2D eigenvalue weighted by atomic mass is 10.1. The molecule has 142 valence electrons. The maximum absolute atomic E-state index is 12.6. The van der Waals surface area contributed by atoms with Gasteiger partial charge < -0.3 is 10.6 Å². The molecule has 0 spiro atoms. The Bertz CT molecular complexity index is 1130. The third-order valence-corrected chi connectivity index (χ3v) is 4.28. The maximum atomic E-state index is 12.6. The van der Waals surface area contributed by atoms with Gasteiger partial charge in [0.05, 0.1) is 17.6 Å². The molecule has 29 heavy (non-hydrogen) atoms. The van der Waals surface area contributed by atoms with Crippen LogP contribution in [0.25, 0.3) is 11.3 Å². The van der Waals surface area contributed by atoms with Crippen LogP contribution in [0.3, 0.4) is 0 Å². The van der Waals surface area contributed by atoms with E-state index in [9.17, 15) is 4.79 Å². The van der Waals surface area contributed by atoms with Gasteiger partial charge in [0.1, 0.15) is 0 Å². The van der Waals surface area contributed by atoms with Gasteiger partial charge in [-0.05, 0) is 55.0 Å². The van der Waals surface area contributed by atoms with E-state index in [1.54, 1.807) is 55.2 Å². The largest absolute Gasteiger partial charge is 0.324 e. The molecule has 0 radical (unpaired) electrons. The van der Waals surface area contributed by atoms with Crippen molar-refractivity contribution < 1.29 is 4.79 Å². The van der Waals surface area contributed by atoms with Crippen molar-refractivity contribution in [1.29, 1.82) is 0 Å². The summed E-state index contributed by atoms with van der Waals surface area (Å²) in [6.07, 6.45) is 8.41. The summed E-state index contributed by atoms with van der Waals surface area (Å²) in [6, 6.07) is 14.6. The van der Waals surface area contributed by atoms with Gasteiger partial charge in [0.15, 0.2) is 0 Å². The first-order chi connectivity index (χ1) is 14.2. The highest BCUT2D eigenvalue weighted by Crippen LogP contribution is 2.22. The number of benzene rings is 1. The van der Waals surface area contributed by atoms with Crippen molar-refractivity contribution >= 4 is 23.2 Å². The molecule has 0 bridgehead atoms. The number of hydrogen-bond donors (Lipinski definition) is 2. The predicted molar refractivity (Wildman–Crippen MR) is 112 cm³/mol. The molecule has 4 aromatic rings. The highest BCUT2D eigenvalue weighted by atomic mass is 16.1. The van der Waals surface area contributed by atoms with Crippen molar-refractivity contribution in [2.24, 2.45) is 0 Å². The smallest absolute Gasteiger partial charge is 0.255 e. The van der Waals surface area contributed by atoms with Gasteiger partial charge in [-0.1, -0.05) is 6.07 Å². The van der Waals surface area contributed by atoms with Crippen molar-refractivity contribution in [2.45, 2.75) is 6.92 Å². The molecule has 3 heterocycles. The van der Waals surface area contributed by atoms with Crippen LogP contribution in [0.4, 0.5) is 17.3 Å². The lowest BCUT2D eigenvalue weighted by Gasteiger charge is -2.11. The van der Waals surface area contributed by atoms with Gasteiger partial charge in [-0.15, -0.1) is 0 Å². The van der Waals surface area contributed by atoms with Gasteiger partial charge in [-0.2, -0.15) is 0 Å². The molecule has 0 saturated heterocycles. The van der Waals surface area contributed by atoms with E-state index < -0.39 is 0 Å². The zero-order valence-corrected chi connectivity index (χ0v) is 15.7. The second-order valence-corrected chi connectivity index (χ2v) is 6.36. The normalized spacial score (nSPS) is 10.4. The number of carbonyl (C=O) groups is 1. The number of amides is 1. The predicted octanol–water partition coefficient (Wildman–Crippen LogP) is 4.24. The van der Waals surface area contributed by atoms with Crippen LogP contribution in [0.5, 0.6) is 0 Å². The van der Waals surface area contributed by atoms with Crippen LogP contribution in [0.2, 0.25) is 0 Å². The fourth-order valence-corrected chi connectivity index (χ4v) is 2.75. The molecule has 0 aliphatic carbocycles. The Morgan fingerprint density at radius 1 is 0.931 bits per heavy atom. The monoisotopic (exact) mass is 382 g/mol. The lowest BCUT2D eigenvalue weighted by Crippen LogP contribution is -2.12. The van der Waals surface area contributed by atoms with Crippen molar-refractivity contribution in [3.63, 3.8) is 0 Å². The van der Waals surface area contributed by atoms with Gasteiger partial charge in [-0.25, -0.2) is 9.97 Å².